The van der Waals surface area contributed by atoms with Gasteiger partial charge in [-0.15, -0.1) is 0 Å². The second-order valence-corrected chi connectivity index (χ2v) is 6.95. The summed E-state index contributed by atoms with van der Waals surface area (Å²) in [5, 5.41) is 6.92. The number of aromatic amines is 1. The summed E-state index contributed by atoms with van der Waals surface area (Å²) in [4.78, 5) is 32.8. The van der Waals surface area contributed by atoms with Crippen molar-refractivity contribution >= 4 is 28.9 Å². The van der Waals surface area contributed by atoms with Gasteiger partial charge in [-0.3, -0.25) is 14.7 Å². The van der Waals surface area contributed by atoms with Gasteiger partial charge in [-0.25, -0.2) is 4.99 Å². The van der Waals surface area contributed by atoms with E-state index >= 15 is 0 Å². The van der Waals surface area contributed by atoms with Gasteiger partial charge in [-0.2, -0.15) is 5.10 Å². The molecule has 152 valence electrons. The van der Waals surface area contributed by atoms with Crippen molar-refractivity contribution in [3.63, 3.8) is 0 Å². The van der Waals surface area contributed by atoms with Crippen LogP contribution in [0.1, 0.15) is 16.2 Å². The van der Waals surface area contributed by atoms with E-state index in [0.717, 1.165) is 11.4 Å². The zero-order valence-corrected chi connectivity index (χ0v) is 16.7. The molecule has 2 heterocycles. The lowest BCUT2D eigenvalue weighted by Gasteiger charge is -2.17. The Morgan fingerprint density at radius 1 is 1.20 bits per heavy atom. The molecular formula is C22H21N5O3. The second kappa shape index (κ2) is 8.20. The Morgan fingerprint density at radius 2 is 1.93 bits per heavy atom. The molecular weight excluding hydrogens is 382 g/mol. The third-order valence-electron chi connectivity index (χ3n) is 4.83. The highest BCUT2D eigenvalue weighted by Gasteiger charge is 2.26. The Hall–Kier alpha value is -3.94. The van der Waals surface area contributed by atoms with Crippen molar-refractivity contribution in [1.29, 1.82) is 0 Å². The third kappa shape index (κ3) is 3.93. The summed E-state index contributed by atoms with van der Waals surface area (Å²) in [6.45, 7) is 0.459. The molecule has 1 aromatic heterocycles. The van der Waals surface area contributed by atoms with Gasteiger partial charge < -0.3 is 14.5 Å². The number of aliphatic imine (C=N–C) groups is 1. The maximum absolute atomic E-state index is 12.7. The number of benzene rings is 2. The Morgan fingerprint density at radius 3 is 2.73 bits per heavy atom. The highest BCUT2D eigenvalue weighted by molar-refractivity contribution is 6.46. The number of H-pyrrole nitrogens is 1. The topological polar surface area (TPSA) is 90.9 Å². The summed E-state index contributed by atoms with van der Waals surface area (Å²) in [6, 6.07) is 18.7. The van der Waals surface area contributed by atoms with Gasteiger partial charge in [0.2, 0.25) is 0 Å². The zero-order valence-electron chi connectivity index (χ0n) is 16.7. The van der Waals surface area contributed by atoms with E-state index < -0.39 is 5.91 Å². The average molecular weight is 403 g/mol. The van der Waals surface area contributed by atoms with E-state index in [4.69, 9.17) is 4.74 Å². The van der Waals surface area contributed by atoms with Crippen molar-refractivity contribution in [1.82, 2.24) is 10.2 Å². The smallest absolute Gasteiger partial charge is 0.298 e. The van der Waals surface area contributed by atoms with Gasteiger partial charge >= 0.3 is 0 Å². The molecule has 0 spiro atoms. The van der Waals surface area contributed by atoms with Crippen molar-refractivity contribution in [2.75, 3.05) is 30.5 Å². The number of anilines is 2. The lowest BCUT2D eigenvalue weighted by molar-refractivity contribution is -0.112. The number of nitrogens with zero attached hydrogens (tertiary/aromatic N) is 4. The van der Waals surface area contributed by atoms with E-state index in [1.165, 1.54) is 4.90 Å². The molecule has 0 saturated heterocycles. The molecule has 1 N–H and O–H groups in total. The lowest BCUT2D eigenvalue weighted by Crippen LogP contribution is -2.34. The van der Waals surface area contributed by atoms with Gasteiger partial charge in [-0.05, 0) is 30.3 Å². The van der Waals surface area contributed by atoms with Crippen LogP contribution in [0.2, 0.25) is 0 Å². The van der Waals surface area contributed by atoms with Crippen LogP contribution >= 0.6 is 0 Å². The quantitative estimate of drug-likeness (QED) is 0.723. The van der Waals surface area contributed by atoms with Crippen LogP contribution in [0, 0.1) is 0 Å². The van der Waals surface area contributed by atoms with Crippen LogP contribution in [-0.4, -0.2) is 48.4 Å². The van der Waals surface area contributed by atoms with E-state index in [2.05, 4.69) is 15.2 Å². The summed E-state index contributed by atoms with van der Waals surface area (Å²) >= 11 is 0. The number of nitrogens with one attached hydrogen (secondary N) is 1. The maximum Gasteiger partial charge on any atom is 0.298 e. The van der Waals surface area contributed by atoms with Gasteiger partial charge in [0.15, 0.2) is 5.69 Å². The molecule has 0 radical (unpaired) electrons. The minimum Gasteiger partial charge on any atom is -0.485 e. The first-order valence-corrected chi connectivity index (χ1v) is 9.45. The number of amides is 2. The third-order valence-corrected chi connectivity index (χ3v) is 4.83. The number of aromatic nitrogens is 2. The number of fused-ring (bicyclic) bond motifs is 1. The molecule has 30 heavy (non-hydrogen) atoms. The number of carbonyl (C=O) groups is 2. The van der Waals surface area contributed by atoms with Crippen molar-refractivity contribution in [3.05, 3.63) is 72.1 Å². The van der Waals surface area contributed by atoms with Gasteiger partial charge in [0.25, 0.3) is 11.8 Å². The van der Waals surface area contributed by atoms with Gasteiger partial charge in [0.1, 0.15) is 18.1 Å². The summed E-state index contributed by atoms with van der Waals surface area (Å²) in [6.07, 6.45) is 0. The predicted octanol–water partition coefficient (Wildman–Crippen LogP) is 2.68. The zero-order chi connectivity index (χ0) is 21.1. The predicted molar refractivity (Wildman–Crippen MR) is 114 cm³/mol. The van der Waals surface area contributed by atoms with Crippen LogP contribution in [-0.2, 0) is 11.3 Å². The molecule has 4 rings (SSSR count). The first-order valence-electron chi connectivity index (χ1n) is 9.45. The van der Waals surface area contributed by atoms with Crippen molar-refractivity contribution in [2.45, 2.75) is 6.54 Å². The molecule has 8 heteroatoms. The van der Waals surface area contributed by atoms with Crippen LogP contribution in [0.25, 0.3) is 0 Å². The highest BCUT2D eigenvalue weighted by Crippen LogP contribution is 2.29. The summed E-state index contributed by atoms with van der Waals surface area (Å²) < 4.78 is 5.67. The minimum absolute atomic E-state index is 0.0321. The van der Waals surface area contributed by atoms with E-state index in [1.54, 1.807) is 25.2 Å². The minimum atomic E-state index is -0.592. The summed E-state index contributed by atoms with van der Waals surface area (Å²) in [5.74, 6) is -0.406. The lowest BCUT2D eigenvalue weighted by atomic mass is 10.2. The van der Waals surface area contributed by atoms with Gasteiger partial charge in [-0.1, -0.05) is 30.3 Å². The summed E-state index contributed by atoms with van der Waals surface area (Å²) in [7, 11) is 3.58. The molecule has 0 fully saturated rings. The van der Waals surface area contributed by atoms with E-state index in [0.29, 0.717) is 18.0 Å². The fraction of sp³-hybridized carbons (Fsp3) is 0.182. The molecule has 8 nitrogen and oxygen atoms in total. The van der Waals surface area contributed by atoms with Crippen LogP contribution < -0.4 is 14.5 Å². The van der Waals surface area contributed by atoms with Gasteiger partial charge in [0.05, 0.1) is 17.9 Å². The summed E-state index contributed by atoms with van der Waals surface area (Å²) in [5.41, 5.74) is 2.62. The van der Waals surface area contributed by atoms with Crippen LogP contribution in [0.4, 0.5) is 11.4 Å². The van der Waals surface area contributed by atoms with Crippen molar-refractivity contribution < 1.29 is 14.3 Å². The molecule has 0 saturated carbocycles. The molecule has 2 amide bonds. The Kier molecular flexibility index (Phi) is 5.30. The molecule has 0 bridgehead atoms. The first kappa shape index (κ1) is 19.4. The molecule has 2 aromatic carbocycles. The molecule has 1 aliphatic rings. The largest absolute Gasteiger partial charge is 0.485 e. The standard InChI is InChI=1S/C22H21N5O3/c1-26(16-8-4-3-5-9-16)13-15-12-17(25-24-15)21(28)23-18-14-30-20-11-7-6-10-19(20)27(2)22(18)29/h3-12H,13-14H2,1-2H3,(H,24,25)/b23-18+. The van der Waals surface area contributed by atoms with Crippen LogP contribution in [0.15, 0.2) is 65.7 Å². The maximum atomic E-state index is 12.7. The Bertz CT molecular complexity index is 1110. The van der Waals surface area contributed by atoms with Crippen molar-refractivity contribution in [3.8, 4) is 5.75 Å². The molecule has 0 unspecified atom stereocenters. The molecule has 0 atom stereocenters. The fourth-order valence-corrected chi connectivity index (χ4v) is 3.21. The van der Waals surface area contributed by atoms with E-state index in [9.17, 15) is 9.59 Å². The number of hydrogen-bond donors (Lipinski definition) is 1. The SMILES string of the molecule is CN(Cc1cc(C(=O)/N=C2\COc3ccccc3N(C)C2=O)n[nH]1)c1ccccc1. The number of hydrogen-bond acceptors (Lipinski definition) is 5. The molecule has 3 aromatic rings. The Labute approximate surface area is 173 Å². The van der Waals surface area contributed by atoms with Gasteiger partial charge in [0, 0.05) is 19.8 Å². The van der Waals surface area contributed by atoms with Crippen LogP contribution in [0.5, 0.6) is 5.75 Å². The average Bonchev–Trinajstić information content (AvgIpc) is 3.20. The normalized spacial score (nSPS) is 14.8. The molecule has 1 aliphatic heterocycles. The highest BCUT2D eigenvalue weighted by atomic mass is 16.5. The number of para-hydroxylation sites is 3. The number of carbonyl (C=O) groups excluding carboxylic acids is 2. The Balaban J connectivity index is 1.49. The van der Waals surface area contributed by atoms with E-state index in [1.807, 2.05) is 54.4 Å². The fourth-order valence-electron chi connectivity index (χ4n) is 3.21. The van der Waals surface area contributed by atoms with Crippen LogP contribution in [0.3, 0.4) is 0 Å². The second-order valence-electron chi connectivity index (χ2n) is 6.95. The molecule has 0 aliphatic carbocycles. The first-order chi connectivity index (χ1) is 14.5. The number of ether oxygens (including phenoxy) is 1. The van der Waals surface area contributed by atoms with E-state index in [-0.39, 0.29) is 23.9 Å². The number of rotatable bonds is 4. The monoisotopic (exact) mass is 403 g/mol. The van der Waals surface area contributed by atoms with Crippen molar-refractivity contribution in [2.24, 2.45) is 4.99 Å².